The van der Waals surface area contributed by atoms with Gasteiger partial charge in [-0.1, -0.05) is 85.8 Å². The minimum atomic E-state index is -1.10. The lowest BCUT2D eigenvalue weighted by Gasteiger charge is -2.29. The second-order valence-electron chi connectivity index (χ2n) is 9.86. The molecule has 0 radical (unpaired) electrons. The van der Waals surface area contributed by atoms with Crippen LogP contribution in [-0.2, 0) is 20.9 Å². The van der Waals surface area contributed by atoms with Crippen molar-refractivity contribution < 1.29 is 24.2 Å². The van der Waals surface area contributed by atoms with Crippen LogP contribution in [0.1, 0.15) is 36.0 Å². The summed E-state index contributed by atoms with van der Waals surface area (Å²) in [5.74, 6) is -1.66. The molecule has 3 aromatic carbocycles. The first-order valence-electron chi connectivity index (χ1n) is 13.2. The zero-order valence-electron chi connectivity index (χ0n) is 22.4. The summed E-state index contributed by atoms with van der Waals surface area (Å²) >= 11 is 0. The topological polar surface area (TPSA) is 99.2 Å². The molecule has 0 aliphatic heterocycles. The van der Waals surface area contributed by atoms with E-state index in [0.717, 1.165) is 27.8 Å². The lowest BCUT2D eigenvalue weighted by atomic mass is 9.98. The monoisotopic (exact) mass is 529 g/mol. The maximum absolute atomic E-state index is 13.4. The van der Waals surface area contributed by atoms with Crippen LogP contribution in [0, 0.1) is 0 Å². The van der Waals surface area contributed by atoms with E-state index in [2.05, 4.69) is 17.4 Å². The van der Waals surface area contributed by atoms with Crippen molar-refractivity contribution in [2.75, 3.05) is 33.3 Å². The number of carboxylic acid groups (broad SMARTS) is 1. The number of carbonyl (C=O) groups excluding carboxylic acids is 2. The van der Waals surface area contributed by atoms with E-state index in [1.165, 1.54) is 4.90 Å². The second-order valence-corrected chi connectivity index (χ2v) is 9.86. The average molecular weight is 530 g/mol. The third kappa shape index (κ3) is 7.03. The van der Waals surface area contributed by atoms with E-state index in [4.69, 9.17) is 4.74 Å². The van der Waals surface area contributed by atoms with Crippen LogP contribution in [0.5, 0.6) is 0 Å². The predicted octanol–water partition coefficient (Wildman–Crippen LogP) is 4.35. The number of nitrogens with one attached hydrogen (secondary N) is 1. The number of likely N-dealkylation sites (N-methyl/N-ethyl adjacent to an activating group) is 1. The zero-order chi connectivity index (χ0) is 27.8. The number of hydrogen-bond donors (Lipinski definition) is 2. The number of hydrogen-bond acceptors (Lipinski definition) is 5. The van der Waals surface area contributed by atoms with Gasteiger partial charge in [0.2, 0.25) is 5.91 Å². The van der Waals surface area contributed by atoms with Gasteiger partial charge in [-0.05, 0) is 41.3 Å². The summed E-state index contributed by atoms with van der Waals surface area (Å²) in [5, 5.41) is 12.1. The van der Waals surface area contributed by atoms with Gasteiger partial charge in [-0.25, -0.2) is 4.79 Å². The molecule has 2 N–H and O–H groups in total. The van der Waals surface area contributed by atoms with Crippen LogP contribution in [-0.4, -0.2) is 72.2 Å². The minimum absolute atomic E-state index is 0.110. The van der Waals surface area contributed by atoms with Gasteiger partial charge in [0.15, 0.2) is 0 Å². The number of alkyl carbamates (subject to hydrolysis) is 1. The van der Waals surface area contributed by atoms with Crippen LogP contribution in [0.15, 0.2) is 78.9 Å². The molecule has 0 heterocycles. The Morgan fingerprint density at radius 2 is 1.51 bits per heavy atom. The van der Waals surface area contributed by atoms with Crippen LogP contribution in [0.3, 0.4) is 0 Å². The molecule has 0 saturated heterocycles. The summed E-state index contributed by atoms with van der Waals surface area (Å²) in [5.41, 5.74) is 5.50. The Bertz CT molecular complexity index is 1250. The van der Waals surface area contributed by atoms with Crippen molar-refractivity contribution in [2.24, 2.45) is 0 Å². The molecule has 1 atom stereocenters. The minimum Gasteiger partial charge on any atom is -0.480 e. The summed E-state index contributed by atoms with van der Waals surface area (Å²) in [6.45, 7) is 2.59. The maximum atomic E-state index is 13.4. The molecule has 0 spiro atoms. The van der Waals surface area contributed by atoms with E-state index >= 15 is 0 Å². The Balaban J connectivity index is 1.47. The Morgan fingerprint density at radius 1 is 0.923 bits per heavy atom. The van der Waals surface area contributed by atoms with Gasteiger partial charge in [0.1, 0.15) is 19.2 Å². The SMILES string of the molecule is CCCN(CC(=O)O)C(=O)C(CN(C)Cc1ccccc1)NC(=O)OCC1c2ccccc2-c2ccccc21. The molecule has 0 saturated carbocycles. The first kappa shape index (κ1) is 27.9. The normalized spacial score (nSPS) is 12.9. The lowest BCUT2D eigenvalue weighted by Crippen LogP contribution is -2.54. The average Bonchev–Trinajstić information content (AvgIpc) is 3.25. The molecule has 0 aromatic heterocycles. The van der Waals surface area contributed by atoms with Crippen molar-refractivity contribution in [3.05, 3.63) is 95.6 Å². The quantitative estimate of drug-likeness (QED) is 0.362. The fourth-order valence-electron chi connectivity index (χ4n) is 5.16. The highest BCUT2D eigenvalue weighted by molar-refractivity contribution is 5.88. The molecule has 0 bridgehead atoms. The van der Waals surface area contributed by atoms with Crippen molar-refractivity contribution in [1.82, 2.24) is 15.1 Å². The highest BCUT2D eigenvalue weighted by Gasteiger charge is 2.31. The van der Waals surface area contributed by atoms with Gasteiger partial charge in [-0.15, -0.1) is 0 Å². The summed E-state index contributed by atoms with van der Waals surface area (Å²) in [6.07, 6.45) is -0.119. The molecule has 1 unspecified atom stereocenters. The van der Waals surface area contributed by atoms with E-state index < -0.39 is 30.6 Å². The van der Waals surface area contributed by atoms with Gasteiger partial charge in [0.25, 0.3) is 0 Å². The molecule has 4 rings (SSSR count). The van der Waals surface area contributed by atoms with Crippen molar-refractivity contribution >= 4 is 18.0 Å². The first-order valence-corrected chi connectivity index (χ1v) is 13.2. The highest BCUT2D eigenvalue weighted by atomic mass is 16.5. The number of aliphatic carboxylic acids is 1. The van der Waals surface area contributed by atoms with E-state index in [1.54, 1.807) is 0 Å². The standard InChI is InChI=1S/C31H35N3O5/c1-3-17-34(20-29(35)36)30(37)28(19-33(2)18-22-11-5-4-6-12-22)32-31(38)39-21-27-25-15-9-7-13-23(25)24-14-8-10-16-26(24)27/h4-16,27-28H,3,17-21H2,1-2H3,(H,32,38)(H,35,36). The Labute approximate surface area is 229 Å². The summed E-state index contributed by atoms with van der Waals surface area (Å²) in [7, 11) is 1.86. The largest absolute Gasteiger partial charge is 0.480 e. The third-order valence-electron chi connectivity index (χ3n) is 6.85. The van der Waals surface area contributed by atoms with E-state index in [9.17, 15) is 19.5 Å². The highest BCUT2D eigenvalue weighted by Crippen LogP contribution is 2.44. The van der Waals surface area contributed by atoms with Crippen molar-refractivity contribution in [1.29, 1.82) is 0 Å². The molecule has 2 amide bonds. The van der Waals surface area contributed by atoms with Crippen LogP contribution in [0.4, 0.5) is 4.79 Å². The fraction of sp³-hybridized carbons (Fsp3) is 0.323. The molecule has 0 fully saturated rings. The smallest absolute Gasteiger partial charge is 0.407 e. The molecular formula is C31H35N3O5. The Kier molecular flexibility index (Phi) is 9.33. The molecule has 8 nitrogen and oxygen atoms in total. The van der Waals surface area contributed by atoms with E-state index in [-0.39, 0.29) is 25.6 Å². The summed E-state index contributed by atoms with van der Waals surface area (Å²) in [6, 6.07) is 25.0. The van der Waals surface area contributed by atoms with Crippen LogP contribution < -0.4 is 5.32 Å². The van der Waals surface area contributed by atoms with Crippen LogP contribution >= 0.6 is 0 Å². The molecule has 3 aromatic rings. The number of rotatable bonds is 12. The molecule has 39 heavy (non-hydrogen) atoms. The molecule has 204 valence electrons. The Morgan fingerprint density at radius 3 is 2.10 bits per heavy atom. The van der Waals surface area contributed by atoms with Gasteiger partial charge in [-0.3, -0.25) is 14.5 Å². The number of amides is 2. The van der Waals surface area contributed by atoms with Gasteiger partial charge in [0, 0.05) is 25.6 Å². The number of ether oxygens (including phenoxy) is 1. The molecule has 8 heteroatoms. The Hall–Kier alpha value is -4.17. The number of carbonyl (C=O) groups is 3. The number of nitrogens with zero attached hydrogens (tertiary/aromatic N) is 2. The first-order chi connectivity index (χ1) is 18.9. The second kappa shape index (κ2) is 13.1. The number of carboxylic acids is 1. The van der Waals surface area contributed by atoms with Crippen molar-refractivity contribution in [3.8, 4) is 11.1 Å². The fourth-order valence-corrected chi connectivity index (χ4v) is 5.16. The van der Waals surface area contributed by atoms with Gasteiger partial charge in [-0.2, -0.15) is 0 Å². The van der Waals surface area contributed by atoms with E-state index in [1.807, 2.05) is 85.6 Å². The van der Waals surface area contributed by atoms with Gasteiger partial charge < -0.3 is 20.1 Å². The summed E-state index contributed by atoms with van der Waals surface area (Å²) in [4.78, 5) is 41.1. The lowest BCUT2D eigenvalue weighted by molar-refractivity contribution is -0.145. The van der Waals surface area contributed by atoms with Gasteiger partial charge >= 0.3 is 12.1 Å². The van der Waals surface area contributed by atoms with Gasteiger partial charge in [0.05, 0.1) is 0 Å². The molecular weight excluding hydrogens is 494 g/mol. The number of benzene rings is 3. The molecule has 1 aliphatic rings. The van der Waals surface area contributed by atoms with Crippen molar-refractivity contribution in [2.45, 2.75) is 31.8 Å². The van der Waals surface area contributed by atoms with Crippen LogP contribution in [0.25, 0.3) is 11.1 Å². The third-order valence-corrected chi connectivity index (χ3v) is 6.85. The molecule has 1 aliphatic carbocycles. The predicted molar refractivity (Wildman–Crippen MR) is 149 cm³/mol. The van der Waals surface area contributed by atoms with Crippen molar-refractivity contribution in [3.63, 3.8) is 0 Å². The maximum Gasteiger partial charge on any atom is 0.407 e. The number of fused-ring (bicyclic) bond motifs is 3. The zero-order valence-corrected chi connectivity index (χ0v) is 22.4. The summed E-state index contributed by atoms with van der Waals surface area (Å²) < 4.78 is 5.69. The van der Waals surface area contributed by atoms with E-state index in [0.29, 0.717) is 13.0 Å². The van der Waals surface area contributed by atoms with Crippen LogP contribution in [0.2, 0.25) is 0 Å².